The van der Waals surface area contributed by atoms with Crippen molar-refractivity contribution in [3.8, 4) is 17.2 Å². The van der Waals surface area contributed by atoms with Gasteiger partial charge in [-0.2, -0.15) is 5.26 Å². The average molecular weight is 369 g/mol. The van der Waals surface area contributed by atoms with E-state index in [1.54, 1.807) is 12.4 Å². The number of benzene rings is 1. The van der Waals surface area contributed by atoms with Gasteiger partial charge in [-0.3, -0.25) is 4.79 Å². The van der Waals surface area contributed by atoms with Gasteiger partial charge in [0.25, 0.3) is 0 Å². The van der Waals surface area contributed by atoms with E-state index in [4.69, 9.17) is 0 Å². The number of hydrogen-bond donors (Lipinski definition) is 2. The smallest absolute Gasteiger partial charge is 0.243 e. The molecule has 3 aromatic rings. The number of fused-ring (bicyclic) bond motifs is 1. The summed E-state index contributed by atoms with van der Waals surface area (Å²) in [6.45, 7) is 3.52. The van der Waals surface area contributed by atoms with Crippen molar-refractivity contribution in [2.24, 2.45) is 0 Å². The lowest BCUT2D eigenvalue weighted by atomic mass is 9.90. The van der Waals surface area contributed by atoms with Crippen molar-refractivity contribution in [1.29, 1.82) is 5.26 Å². The highest BCUT2D eigenvalue weighted by Gasteiger charge is 2.22. The molecule has 0 saturated heterocycles. The number of H-pyrrole nitrogens is 1. The number of hydrogen-bond acceptors (Lipinski definition) is 4. The Morgan fingerprint density at radius 2 is 2.29 bits per heavy atom. The Hall–Kier alpha value is -3.72. The fourth-order valence-electron chi connectivity index (χ4n) is 3.68. The Morgan fingerprint density at radius 1 is 1.39 bits per heavy atom. The number of rotatable bonds is 4. The first kappa shape index (κ1) is 17.7. The molecule has 138 valence electrons. The molecular weight excluding hydrogens is 350 g/mol. The summed E-state index contributed by atoms with van der Waals surface area (Å²) >= 11 is 0. The van der Waals surface area contributed by atoms with E-state index >= 15 is 0 Å². The topological polar surface area (TPSA) is 94.5 Å². The predicted molar refractivity (Wildman–Crippen MR) is 108 cm³/mol. The van der Waals surface area contributed by atoms with Gasteiger partial charge in [-0.05, 0) is 48.6 Å². The normalized spacial score (nSPS) is 16.2. The molecule has 0 aliphatic heterocycles. The van der Waals surface area contributed by atoms with Gasteiger partial charge in [-0.25, -0.2) is 9.97 Å². The number of carbonyl (C=O) groups is 1. The second kappa shape index (κ2) is 7.49. The van der Waals surface area contributed by atoms with Gasteiger partial charge < -0.3 is 10.3 Å². The Labute approximate surface area is 162 Å². The summed E-state index contributed by atoms with van der Waals surface area (Å²) in [5, 5.41) is 13.1. The van der Waals surface area contributed by atoms with Gasteiger partial charge in [0, 0.05) is 17.8 Å². The molecule has 2 N–H and O–H groups in total. The molecule has 1 aliphatic rings. The summed E-state index contributed by atoms with van der Waals surface area (Å²) in [6, 6.07) is 9.73. The maximum absolute atomic E-state index is 11.7. The Balaban J connectivity index is 1.77. The molecule has 6 heteroatoms. The van der Waals surface area contributed by atoms with E-state index < -0.39 is 0 Å². The minimum Gasteiger partial charge on any atom is -0.349 e. The summed E-state index contributed by atoms with van der Waals surface area (Å²) < 4.78 is 0. The van der Waals surface area contributed by atoms with E-state index in [0.29, 0.717) is 12.0 Å². The van der Waals surface area contributed by atoms with Gasteiger partial charge in [0.05, 0.1) is 22.7 Å². The summed E-state index contributed by atoms with van der Waals surface area (Å²) in [5.74, 6) is -0.158. The third-order valence-corrected chi connectivity index (χ3v) is 4.98. The molecule has 2 aromatic heterocycles. The summed E-state index contributed by atoms with van der Waals surface area (Å²) in [4.78, 5) is 23.8. The van der Waals surface area contributed by atoms with Crippen molar-refractivity contribution in [3.05, 3.63) is 66.8 Å². The van der Waals surface area contributed by atoms with E-state index in [-0.39, 0.29) is 11.9 Å². The fraction of sp³-hybridized carbons (Fsp3) is 0.182. The van der Waals surface area contributed by atoms with Crippen molar-refractivity contribution < 1.29 is 4.79 Å². The molecule has 1 atom stereocenters. The zero-order valence-electron chi connectivity index (χ0n) is 15.3. The number of aromatic amines is 1. The summed E-state index contributed by atoms with van der Waals surface area (Å²) in [5.41, 5.74) is 5.21. The van der Waals surface area contributed by atoms with Crippen LogP contribution in [0.3, 0.4) is 0 Å². The minimum atomic E-state index is -0.158. The van der Waals surface area contributed by atoms with Crippen LogP contribution in [0.4, 0.5) is 0 Å². The Kier molecular flexibility index (Phi) is 4.73. The standard InChI is InChI=1S/C22H19N5O/c1-2-19(28)27-17-8-4-7-16(10-17)21-20-18(12-24-22(20)26-13-25-21)15-6-3-5-14(9-15)11-23/h2-3,5-7,9,12-13,17H,1,4,8,10H2,(H,27,28)(H,24,25,26). The largest absolute Gasteiger partial charge is 0.349 e. The SMILES string of the molecule is C=CC(=O)NC1CCC=C(c2ncnc3[nH]cc(-c4cccc(C#N)c4)c23)C1. The van der Waals surface area contributed by atoms with Crippen LogP contribution in [0, 0.1) is 11.3 Å². The zero-order chi connectivity index (χ0) is 19.5. The minimum absolute atomic E-state index is 0.0554. The number of nitrogens with one attached hydrogen (secondary N) is 2. The molecule has 4 rings (SSSR count). The highest BCUT2D eigenvalue weighted by molar-refractivity contribution is 6.00. The first-order valence-electron chi connectivity index (χ1n) is 9.14. The van der Waals surface area contributed by atoms with Gasteiger partial charge in [0.1, 0.15) is 12.0 Å². The summed E-state index contributed by atoms with van der Waals surface area (Å²) in [6.07, 6.45) is 9.40. The average Bonchev–Trinajstić information content (AvgIpc) is 3.18. The van der Waals surface area contributed by atoms with Crippen LogP contribution in [0.1, 0.15) is 30.5 Å². The third-order valence-electron chi connectivity index (χ3n) is 4.98. The van der Waals surface area contributed by atoms with Crippen molar-refractivity contribution in [1.82, 2.24) is 20.3 Å². The quantitative estimate of drug-likeness (QED) is 0.685. The lowest BCUT2D eigenvalue weighted by Gasteiger charge is -2.23. The van der Waals surface area contributed by atoms with Gasteiger partial charge in [-0.1, -0.05) is 24.8 Å². The highest BCUT2D eigenvalue weighted by Crippen LogP contribution is 2.35. The van der Waals surface area contributed by atoms with Crippen LogP contribution in [0.2, 0.25) is 0 Å². The number of allylic oxidation sites excluding steroid dienone is 1. The van der Waals surface area contributed by atoms with E-state index in [0.717, 1.165) is 46.3 Å². The monoisotopic (exact) mass is 369 g/mol. The van der Waals surface area contributed by atoms with Crippen LogP contribution in [0.25, 0.3) is 27.7 Å². The molecule has 2 heterocycles. The van der Waals surface area contributed by atoms with Crippen molar-refractivity contribution in [2.45, 2.75) is 25.3 Å². The third kappa shape index (κ3) is 3.30. The second-order valence-electron chi connectivity index (χ2n) is 6.76. The van der Waals surface area contributed by atoms with Crippen LogP contribution < -0.4 is 5.32 Å². The molecule has 0 radical (unpaired) electrons. The second-order valence-corrected chi connectivity index (χ2v) is 6.76. The number of nitriles is 1. The van der Waals surface area contributed by atoms with Crippen LogP contribution >= 0.6 is 0 Å². The first-order chi connectivity index (χ1) is 13.7. The molecule has 0 fully saturated rings. The fourth-order valence-corrected chi connectivity index (χ4v) is 3.68. The maximum Gasteiger partial charge on any atom is 0.243 e. The van der Waals surface area contributed by atoms with E-state index in [2.05, 4.69) is 39.0 Å². The number of carbonyl (C=O) groups excluding carboxylic acids is 1. The van der Waals surface area contributed by atoms with Crippen molar-refractivity contribution in [2.75, 3.05) is 0 Å². The van der Waals surface area contributed by atoms with Crippen LogP contribution in [0.15, 0.2) is 55.5 Å². The van der Waals surface area contributed by atoms with Crippen LogP contribution in [-0.4, -0.2) is 26.9 Å². The maximum atomic E-state index is 11.7. The number of nitrogens with zero attached hydrogens (tertiary/aromatic N) is 3. The molecule has 1 aliphatic carbocycles. The number of amides is 1. The molecule has 1 unspecified atom stereocenters. The Morgan fingerprint density at radius 3 is 3.11 bits per heavy atom. The van der Waals surface area contributed by atoms with Crippen LogP contribution in [-0.2, 0) is 4.79 Å². The highest BCUT2D eigenvalue weighted by atomic mass is 16.1. The first-order valence-corrected chi connectivity index (χ1v) is 9.14. The molecule has 1 aromatic carbocycles. The molecule has 28 heavy (non-hydrogen) atoms. The lowest BCUT2D eigenvalue weighted by Crippen LogP contribution is -2.34. The van der Waals surface area contributed by atoms with Gasteiger partial charge in [-0.15, -0.1) is 0 Å². The van der Waals surface area contributed by atoms with E-state index in [1.165, 1.54) is 6.08 Å². The number of aromatic nitrogens is 3. The van der Waals surface area contributed by atoms with E-state index in [1.807, 2.05) is 24.4 Å². The molecular formula is C22H19N5O. The molecule has 0 spiro atoms. The predicted octanol–water partition coefficient (Wildman–Crippen LogP) is 3.73. The van der Waals surface area contributed by atoms with Crippen LogP contribution in [0.5, 0.6) is 0 Å². The Bertz CT molecular complexity index is 1140. The van der Waals surface area contributed by atoms with E-state index in [9.17, 15) is 10.1 Å². The summed E-state index contributed by atoms with van der Waals surface area (Å²) in [7, 11) is 0. The van der Waals surface area contributed by atoms with Gasteiger partial charge in [0.15, 0.2) is 0 Å². The van der Waals surface area contributed by atoms with Crippen molar-refractivity contribution in [3.63, 3.8) is 0 Å². The molecule has 1 amide bonds. The van der Waals surface area contributed by atoms with Gasteiger partial charge in [0.2, 0.25) is 5.91 Å². The molecule has 0 bridgehead atoms. The molecule has 6 nitrogen and oxygen atoms in total. The zero-order valence-corrected chi connectivity index (χ0v) is 15.3. The van der Waals surface area contributed by atoms with Gasteiger partial charge >= 0.3 is 0 Å². The lowest BCUT2D eigenvalue weighted by molar-refractivity contribution is -0.117. The molecule has 0 saturated carbocycles. The van der Waals surface area contributed by atoms with Crippen molar-refractivity contribution >= 4 is 22.5 Å².